The highest BCUT2D eigenvalue weighted by Gasteiger charge is 2.22. The number of aryl methyl sites for hydroxylation is 1. The number of ether oxygens (including phenoxy) is 1. The summed E-state index contributed by atoms with van der Waals surface area (Å²) in [6.45, 7) is 1.83. The molecule has 0 spiro atoms. The van der Waals surface area contributed by atoms with E-state index in [1.54, 1.807) is 18.2 Å². The first kappa shape index (κ1) is 16.7. The molecule has 1 aromatic carbocycles. The lowest BCUT2D eigenvalue weighted by Crippen LogP contribution is -2.43. The van der Waals surface area contributed by atoms with Gasteiger partial charge >= 0.3 is 5.97 Å². The molecule has 0 radical (unpaired) electrons. The summed E-state index contributed by atoms with van der Waals surface area (Å²) in [5, 5.41) is 9.35. The van der Waals surface area contributed by atoms with Gasteiger partial charge in [-0.3, -0.25) is 9.89 Å². The third-order valence-corrected chi connectivity index (χ3v) is 3.27. The quantitative estimate of drug-likeness (QED) is 0.786. The van der Waals surface area contributed by atoms with Crippen molar-refractivity contribution in [3.8, 4) is 0 Å². The number of nitrogens with one attached hydrogen (secondary N) is 2. The second-order valence-corrected chi connectivity index (χ2v) is 5.19. The normalized spacial score (nSPS) is 11.8. The Hall–Kier alpha value is -2.70. The average Bonchev–Trinajstić information content (AvgIpc) is 2.92. The van der Waals surface area contributed by atoms with E-state index < -0.39 is 12.0 Å². The Morgan fingerprint density at radius 2 is 2.04 bits per heavy atom. The number of carbonyl (C=O) groups is 2. The van der Waals surface area contributed by atoms with Crippen LogP contribution in [-0.2, 0) is 27.2 Å². The largest absolute Gasteiger partial charge is 0.467 e. The van der Waals surface area contributed by atoms with Gasteiger partial charge in [0.2, 0.25) is 5.91 Å². The predicted octanol–water partition coefficient (Wildman–Crippen LogP) is 1.30. The van der Waals surface area contributed by atoms with Crippen molar-refractivity contribution in [3.05, 3.63) is 53.1 Å². The van der Waals surface area contributed by atoms with Crippen LogP contribution in [0.3, 0.4) is 0 Å². The average molecular weight is 319 g/mol. The molecule has 6 nitrogen and oxygen atoms in total. The van der Waals surface area contributed by atoms with Gasteiger partial charge in [0.05, 0.1) is 19.2 Å². The second kappa shape index (κ2) is 7.53. The molecule has 2 N–H and O–H groups in total. The molecule has 2 aromatic rings. The van der Waals surface area contributed by atoms with Crippen molar-refractivity contribution < 1.29 is 18.7 Å². The Morgan fingerprint density at radius 3 is 2.61 bits per heavy atom. The maximum absolute atomic E-state index is 12.9. The minimum absolute atomic E-state index is 0.0568. The number of amides is 1. The topological polar surface area (TPSA) is 84.1 Å². The van der Waals surface area contributed by atoms with Crippen LogP contribution in [0.25, 0.3) is 0 Å². The molecule has 1 atom stereocenters. The Labute approximate surface area is 133 Å². The van der Waals surface area contributed by atoms with E-state index in [0.717, 1.165) is 11.3 Å². The van der Waals surface area contributed by atoms with Crippen molar-refractivity contribution in [2.24, 2.45) is 0 Å². The zero-order valence-electron chi connectivity index (χ0n) is 12.9. The third-order valence-electron chi connectivity index (χ3n) is 3.27. The van der Waals surface area contributed by atoms with Gasteiger partial charge in [0.25, 0.3) is 0 Å². The van der Waals surface area contributed by atoms with Gasteiger partial charge in [-0.1, -0.05) is 12.1 Å². The van der Waals surface area contributed by atoms with Crippen LogP contribution in [-0.4, -0.2) is 35.2 Å². The Kier molecular flexibility index (Phi) is 5.46. The molecule has 0 bridgehead atoms. The summed E-state index contributed by atoms with van der Waals surface area (Å²) in [6, 6.07) is 6.66. The maximum atomic E-state index is 12.9. The highest BCUT2D eigenvalue weighted by atomic mass is 19.1. The minimum Gasteiger partial charge on any atom is -0.467 e. The first-order valence-electron chi connectivity index (χ1n) is 7.10. The molecule has 0 fully saturated rings. The van der Waals surface area contributed by atoms with Crippen LogP contribution in [0, 0.1) is 12.7 Å². The van der Waals surface area contributed by atoms with Crippen LogP contribution < -0.4 is 5.32 Å². The number of esters is 1. The van der Waals surface area contributed by atoms with E-state index in [-0.39, 0.29) is 24.6 Å². The van der Waals surface area contributed by atoms with Gasteiger partial charge in [-0.2, -0.15) is 5.10 Å². The Bertz CT molecular complexity index is 682. The van der Waals surface area contributed by atoms with Gasteiger partial charge < -0.3 is 10.1 Å². The zero-order valence-corrected chi connectivity index (χ0v) is 12.9. The number of H-pyrrole nitrogens is 1. The van der Waals surface area contributed by atoms with E-state index in [1.165, 1.54) is 19.2 Å². The van der Waals surface area contributed by atoms with Gasteiger partial charge in [-0.15, -0.1) is 0 Å². The molecule has 1 amide bonds. The SMILES string of the molecule is COC(=O)C(Cc1ccc(F)cc1)NC(=O)Cc1cc(C)[nH]n1. The number of benzene rings is 1. The fourth-order valence-electron chi connectivity index (χ4n) is 2.17. The summed E-state index contributed by atoms with van der Waals surface area (Å²) < 4.78 is 17.6. The summed E-state index contributed by atoms with van der Waals surface area (Å²) in [7, 11) is 1.25. The molecule has 122 valence electrons. The maximum Gasteiger partial charge on any atom is 0.328 e. The van der Waals surface area contributed by atoms with Crippen LogP contribution in [0.15, 0.2) is 30.3 Å². The van der Waals surface area contributed by atoms with Crippen molar-refractivity contribution in [2.75, 3.05) is 7.11 Å². The van der Waals surface area contributed by atoms with Crippen LogP contribution in [0.2, 0.25) is 0 Å². The van der Waals surface area contributed by atoms with Crippen molar-refractivity contribution in [2.45, 2.75) is 25.8 Å². The number of rotatable bonds is 6. The monoisotopic (exact) mass is 319 g/mol. The second-order valence-electron chi connectivity index (χ2n) is 5.19. The predicted molar refractivity (Wildman–Crippen MR) is 81.1 cm³/mol. The summed E-state index contributed by atoms with van der Waals surface area (Å²) in [5.74, 6) is -1.25. The molecule has 0 saturated carbocycles. The molecule has 23 heavy (non-hydrogen) atoms. The lowest BCUT2D eigenvalue weighted by atomic mass is 10.1. The molecule has 7 heteroatoms. The van der Waals surface area contributed by atoms with E-state index in [0.29, 0.717) is 5.69 Å². The van der Waals surface area contributed by atoms with Crippen molar-refractivity contribution in [1.82, 2.24) is 15.5 Å². The van der Waals surface area contributed by atoms with Crippen molar-refractivity contribution in [1.29, 1.82) is 0 Å². The third kappa shape index (κ3) is 4.91. The van der Waals surface area contributed by atoms with E-state index in [4.69, 9.17) is 4.74 Å². The van der Waals surface area contributed by atoms with Gasteiger partial charge in [0, 0.05) is 12.1 Å². The summed E-state index contributed by atoms with van der Waals surface area (Å²) in [4.78, 5) is 23.9. The molecule has 1 aromatic heterocycles. The number of carbonyl (C=O) groups excluding carboxylic acids is 2. The van der Waals surface area contributed by atoms with Crippen LogP contribution in [0.1, 0.15) is 17.0 Å². The molecule has 0 aliphatic heterocycles. The lowest BCUT2D eigenvalue weighted by molar-refractivity contribution is -0.145. The fourth-order valence-corrected chi connectivity index (χ4v) is 2.17. The molecule has 0 aliphatic carbocycles. The van der Waals surface area contributed by atoms with Crippen LogP contribution in [0.5, 0.6) is 0 Å². The van der Waals surface area contributed by atoms with Gasteiger partial charge in [0.15, 0.2) is 0 Å². The molecule has 2 rings (SSSR count). The number of hydrogen-bond donors (Lipinski definition) is 2. The van der Waals surface area contributed by atoms with E-state index in [9.17, 15) is 14.0 Å². The molecular weight excluding hydrogens is 301 g/mol. The zero-order chi connectivity index (χ0) is 16.8. The lowest BCUT2D eigenvalue weighted by Gasteiger charge is -2.16. The Balaban J connectivity index is 2.01. The molecule has 0 saturated heterocycles. The smallest absolute Gasteiger partial charge is 0.328 e. The standard InChI is InChI=1S/C16H18FN3O3/c1-10-7-13(20-19-10)9-15(21)18-14(16(22)23-2)8-11-3-5-12(17)6-4-11/h3-7,14H,8-9H2,1-2H3,(H,18,21)(H,19,20). The van der Waals surface area contributed by atoms with Crippen LogP contribution >= 0.6 is 0 Å². The molecule has 0 aliphatic rings. The number of aromatic nitrogens is 2. The number of methoxy groups -OCH3 is 1. The Morgan fingerprint density at radius 1 is 1.35 bits per heavy atom. The minimum atomic E-state index is -0.835. The summed E-state index contributed by atoms with van der Waals surface area (Å²) >= 11 is 0. The number of halogens is 1. The van der Waals surface area contributed by atoms with Crippen molar-refractivity contribution in [3.63, 3.8) is 0 Å². The molecule has 1 heterocycles. The van der Waals surface area contributed by atoms with Crippen molar-refractivity contribution >= 4 is 11.9 Å². The van der Waals surface area contributed by atoms with Gasteiger partial charge in [0.1, 0.15) is 11.9 Å². The number of aromatic amines is 1. The van der Waals surface area contributed by atoms with Crippen LogP contribution in [0.4, 0.5) is 4.39 Å². The fraction of sp³-hybridized carbons (Fsp3) is 0.312. The first-order valence-corrected chi connectivity index (χ1v) is 7.10. The molecular formula is C16H18FN3O3. The highest BCUT2D eigenvalue weighted by molar-refractivity contribution is 5.85. The van der Waals surface area contributed by atoms with Gasteiger partial charge in [-0.05, 0) is 30.7 Å². The number of hydrogen-bond acceptors (Lipinski definition) is 4. The summed E-state index contributed by atoms with van der Waals surface area (Å²) in [5.41, 5.74) is 2.16. The first-order chi connectivity index (χ1) is 11.0. The van der Waals surface area contributed by atoms with E-state index >= 15 is 0 Å². The number of nitrogens with zero attached hydrogens (tertiary/aromatic N) is 1. The summed E-state index contributed by atoms with van der Waals surface area (Å²) in [6.07, 6.45) is 0.277. The van der Waals surface area contributed by atoms with E-state index in [1.807, 2.05) is 6.92 Å². The van der Waals surface area contributed by atoms with E-state index in [2.05, 4.69) is 15.5 Å². The molecule has 1 unspecified atom stereocenters. The van der Waals surface area contributed by atoms with Gasteiger partial charge in [-0.25, -0.2) is 9.18 Å². The highest BCUT2D eigenvalue weighted by Crippen LogP contribution is 2.07.